The predicted molar refractivity (Wildman–Crippen MR) is 108 cm³/mol. The molecule has 27 heavy (non-hydrogen) atoms. The zero-order chi connectivity index (χ0) is 19.2. The van der Waals surface area contributed by atoms with Crippen molar-refractivity contribution >= 4 is 5.78 Å². The fraction of sp³-hybridized carbons (Fsp3) is 0.522. The van der Waals surface area contributed by atoms with Crippen molar-refractivity contribution in [2.24, 2.45) is 0 Å². The number of Topliss-reactive ketones (excluding diaryl/α,β-unsaturated/α-hetero) is 1. The second kappa shape index (κ2) is 13.0. The Morgan fingerprint density at radius 1 is 0.778 bits per heavy atom. The molecular weight excluding hydrogens is 340 g/mol. The standard InChI is InChI=1S/C23H32O4/c1-2-21(24)22-16-17-23(27-22)26-19-13-8-6-4-3-5-7-12-18-25-20-14-10-9-11-15-20/h9-11,14-17H,2-8,12-13,18-19H2,1H3. The van der Waals surface area contributed by atoms with E-state index in [2.05, 4.69) is 0 Å². The lowest BCUT2D eigenvalue weighted by atomic mass is 10.1. The maximum atomic E-state index is 11.5. The third-order valence-electron chi connectivity index (χ3n) is 4.47. The molecule has 0 radical (unpaired) electrons. The Balaban J connectivity index is 1.36. The van der Waals surface area contributed by atoms with Crippen LogP contribution in [0.4, 0.5) is 0 Å². The summed E-state index contributed by atoms with van der Waals surface area (Å²) in [6, 6.07) is 13.4. The average molecular weight is 373 g/mol. The van der Waals surface area contributed by atoms with E-state index in [4.69, 9.17) is 13.9 Å². The Hall–Kier alpha value is -2.23. The molecule has 0 aliphatic carbocycles. The molecule has 0 atom stereocenters. The van der Waals surface area contributed by atoms with Crippen molar-refractivity contribution in [3.63, 3.8) is 0 Å². The molecule has 0 spiro atoms. The van der Waals surface area contributed by atoms with Crippen LogP contribution in [0.1, 0.15) is 75.3 Å². The first-order valence-electron chi connectivity index (χ1n) is 10.2. The van der Waals surface area contributed by atoms with E-state index in [1.54, 1.807) is 12.1 Å². The summed E-state index contributed by atoms with van der Waals surface area (Å²) < 4.78 is 16.6. The summed E-state index contributed by atoms with van der Waals surface area (Å²) in [5.41, 5.74) is 0. The van der Waals surface area contributed by atoms with Gasteiger partial charge in [-0.3, -0.25) is 4.79 Å². The van der Waals surface area contributed by atoms with Gasteiger partial charge in [0.05, 0.1) is 13.2 Å². The number of hydrogen-bond acceptors (Lipinski definition) is 4. The van der Waals surface area contributed by atoms with Gasteiger partial charge in [0.1, 0.15) is 5.75 Å². The van der Waals surface area contributed by atoms with Crippen molar-refractivity contribution in [2.45, 2.75) is 64.7 Å². The van der Waals surface area contributed by atoms with E-state index in [1.165, 1.54) is 38.5 Å². The molecule has 0 amide bonds. The molecule has 0 N–H and O–H groups in total. The van der Waals surface area contributed by atoms with Gasteiger partial charge in [-0.25, -0.2) is 0 Å². The topological polar surface area (TPSA) is 48.7 Å². The fourth-order valence-corrected chi connectivity index (χ4v) is 2.87. The van der Waals surface area contributed by atoms with Gasteiger partial charge in [-0.15, -0.1) is 0 Å². The molecule has 148 valence electrons. The van der Waals surface area contributed by atoms with Gasteiger partial charge in [0, 0.05) is 12.5 Å². The van der Waals surface area contributed by atoms with Gasteiger partial charge in [0.25, 0.3) is 5.95 Å². The molecule has 0 unspecified atom stereocenters. The van der Waals surface area contributed by atoms with Crippen LogP contribution in [0.25, 0.3) is 0 Å². The number of carbonyl (C=O) groups excluding carboxylic acids is 1. The summed E-state index contributed by atoms with van der Waals surface area (Å²) in [5, 5.41) is 0. The molecule has 2 rings (SSSR count). The average Bonchev–Trinajstić information content (AvgIpc) is 3.18. The first kappa shape index (κ1) is 21.1. The number of hydrogen-bond donors (Lipinski definition) is 0. The molecule has 0 aliphatic heterocycles. The molecule has 0 fully saturated rings. The Morgan fingerprint density at radius 3 is 2.00 bits per heavy atom. The van der Waals surface area contributed by atoms with Crippen molar-refractivity contribution in [1.82, 2.24) is 0 Å². The van der Waals surface area contributed by atoms with E-state index < -0.39 is 0 Å². The maximum Gasteiger partial charge on any atom is 0.284 e. The van der Waals surface area contributed by atoms with E-state index in [1.807, 2.05) is 37.3 Å². The van der Waals surface area contributed by atoms with Crippen LogP contribution in [0.15, 0.2) is 46.9 Å². The van der Waals surface area contributed by atoms with E-state index in [0.717, 1.165) is 25.2 Å². The number of ketones is 1. The van der Waals surface area contributed by atoms with Gasteiger partial charge in [0.2, 0.25) is 0 Å². The van der Waals surface area contributed by atoms with Crippen molar-refractivity contribution < 1.29 is 18.7 Å². The molecule has 1 heterocycles. The van der Waals surface area contributed by atoms with Gasteiger partial charge >= 0.3 is 0 Å². The first-order chi connectivity index (χ1) is 13.3. The quantitative estimate of drug-likeness (QED) is 0.266. The van der Waals surface area contributed by atoms with Crippen molar-refractivity contribution in [2.75, 3.05) is 13.2 Å². The third kappa shape index (κ3) is 8.80. The highest BCUT2D eigenvalue weighted by atomic mass is 16.6. The largest absolute Gasteiger partial charge is 0.494 e. The summed E-state index contributed by atoms with van der Waals surface area (Å²) >= 11 is 0. The number of benzene rings is 1. The van der Waals surface area contributed by atoms with Crippen LogP contribution in [0.2, 0.25) is 0 Å². The van der Waals surface area contributed by atoms with Gasteiger partial charge in [-0.1, -0.05) is 63.6 Å². The van der Waals surface area contributed by atoms with E-state index in [0.29, 0.717) is 24.7 Å². The van der Waals surface area contributed by atoms with Crippen molar-refractivity contribution in [3.8, 4) is 11.7 Å². The Morgan fingerprint density at radius 2 is 1.37 bits per heavy atom. The molecule has 0 aliphatic rings. The first-order valence-corrected chi connectivity index (χ1v) is 10.2. The molecule has 4 heteroatoms. The SMILES string of the molecule is CCC(=O)c1ccc(OCCCCCCCCCCOc2ccccc2)o1. The molecule has 0 bridgehead atoms. The second-order valence-electron chi connectivity index (χ2n) is 6.73. The smallest absolute Gasteiger partial charge is 0.284 e. The second-order valence-corrected chi connectivity index (χ2v) is 6.73. The van der Waals surface area contributed by atoms with E-state index in [9.17, 15) is 4.79 Å². The Labute approximate surface area is 162 Å². The zero-order valence-electron chi connectivity index (χ0n) is 16.5. The van der Waals surface area contributed by atoms with Crippen LogP contribution in [0.3, 0.4) is 0 Å². The van der Waals surface area contributed by atoms with Crippen LogP contribution >= 0.6 is 0 Å². The lowest BCUT2D eigenvalue weighted by Crippen LogP contribution is -1.97. The highest BCUT2D eigenvalue weighted by Gasteiger charge is 2.09. The predicted octanol–water partition coefficient (Wildman–Crippen LogP) is 6.45. The number of unbranched alkanes of at least 4 members (excludes halogenated alkanes) is 7. The van der Waals surface area contributed by atoms with Crippen molar-refractivity contribution in [3.05, 3.63) is 48.2 Å². The lowest BCUT2D eigenvalue weighted by Gasteiger charge is -2.06. The van der Waals surface area contributed by atoms with E-state index >= 15 is 0 Å². The van der Waals surface area contributed by atoms with Gasteiger partial charge in [-0.2, -0.15) is 0 Å². The minimum Gasteiger partial charge on any atom is -0.494 e. The normalized spacial score (nSPS) is 10.7. The summed E-state index contributed by atoms with van der Waals surface area (Å²) in [6.45, 7) is 3.27. The van der Waals surface area contributed by atoms with Gasteiger partial charge in [-0.05, 0) is 31.0 Å². The molecule has 0 saturated heterocycles. The van der Waals surface area contributed by atoms with Gasteiger partial charge < -0.3 is 13.9 Å². The molecule has 0 saturated carbocycles. The van der Waals surface area contributed by atoms with Crippen LogP contribution < -0.4 is 9.47 Å². The van der Waals surface area contributed by atoms with E-state index in [-0.39, 0.29) is 5.78 Å². The summed E-state index contributed by atoms with van der Waals surface area (Å²) in [4.78, 5) is 11.5. The molecule has 2 aromatic rings. The summed E-state index contributed by atoms with van der Waals surface area (Å²) in [7, 11) is 0. The van der Waals surface area contributed by atoms with Crippen molar-refractivity contribution in [1.29, 1.82) is 0 Å². The number of ether oxygens (including phenoxy) is 2. The molecular formula is C23H32O4. The molecule has 1 aromatic heterocycles. The number of carbonyl (C=O) groups is 1. The minimum atomic E-state index is 0.0106. The highest BCUT2D eigenvalue weighted by Crippen LogP contribution is 2.18. The highest BCUT2D eigenvalue weighted by molar-refractivity contribution is 5.93. The zero-order valence-corrected chi connectivity index (χ0v) is 16.5. The minimum absolute atomic E-state index is 0.0106. The van der Waals surface area contributed by atoms with Crippen LogP contribution in [-0.4, -0.2) is 19.0 Å². The molecule has 4 nitrogen and oxygen atoms in total. The number of rotatable bonds is 15. The number of furan rings is 1. The third-order valence-corrected chi connectivity index (χ3v) is 4.47. The summed E-state index contributed by atoms with van der Waals surface area (Å²) in [6.07, 6.45) is 10.1. The van der Waals surface area contributed by atoms with Crippen LogP contribution in [-0.2, 0) is 0 Å². The Kier molecular flexibility index (Phi) is 10.2. The monoisotopic (exact) mass is 372 g/mol. The molecule has 1 aromatic carbocycles. The van der Waals surface area contributed by atoms with Crippen LogP contribution in [0.5, 0.6) is 11.7 Å². The summed E-state index contributed by atoms with van der Waals surface area (Å²) in [5.74, 6) is 1.81. The van der Waals surface area contributed by atoms with Crippen LogP contribution in [0, 0.1) is 0 Å². The fourth-order valence-electron chi connectivity index (χ4n) is 2.87. The number of para-hydroxylation sites is 1. The lowest BCUT2D eigenvalue weighted by molar-refractivity contribution is 0.0952. The Bertz CT molecular complexity index is 633. The van der Waals surface area contributed by atoms with Gasteiger partial charge in [0.15, 0.2) is 11.5 Å². The maximum absolute atomic E-state index is 11.5.